The highest BCUT2D eigenvalue weighted by Gasteiger charge is 2.18. The third-order valence-electron chi connectivity index (χ3n) is 2.42. The van der Waals surface area contributed by atoms with Gasteiger partial charge in [0.05, 0.1) is 0 Å². The molecule has 0 aromatic heterocycles. The van der Waals surface area contributed by atoms with Gasteiger partial charge >= 0.3 is 0 Å². The molecule has 0 saturated heterocycles. The van der Waals surface area contributed by atoms with Gasteiger partial charge < -0.3 is 0 Å². The lowest BCUT2D eigenvalue weighted by molar-refractivity contribution is 0.290. The molecule has 0 aliphatic rings. The Labute approximate surface area is 78.1 Å². The first-order chi connectivity index (χ1) is 5.55. The molecule has 12 heavy (non-hydrogen) atoms. The van der Waals surface area contributed by atoms with Crippen LogP contribution in [0.4, 0.5) is 0 Å². The Hall–Kier alpha value is -0.260. The maximum atomic E-state index is 3.97. The molecule has 0 saturated carbocycles. The van der Waals surface area contributed by atoms with Gasteiger partial charge in [0.15, 0.2) is 0 Å². The number of hydrogen-bond acceptors (Lipinski definition) is 0. The van der Waals surface area contributed by atoms with Crippen LogP contribution < -0.4 is 0 Å². The summed E-state index contributed by atoms with van der Waals surface area (Å²) in [5.74, 6) is 0.680. The third-order valence-corrected chi connectivity index (χ3v) is 2.42. The minimum atomic E-state index is 0.375. The smallest absolute Gasteiger partial charge is 0.0231 e. The van der Waals surface area contributed by atoms with Crippen molar-refractivity contribution in [2.45, 2.75) is 40.0 Å². The van der Waals surface area contributed by atoms with Crippen LogP contribution in [0.5, 0.6) is 0 Å². The van der Waals surface area contributed by atoms with Crippen LogP contribution in [0.25, 0.3) is 0 Å². The van der Waals surface area contributed by atoms with Crippen molar-refractivity contribution in [3.63, 3.8) is 0 Å². The average Bonchev–Trinajstić information content (AvgIpc) is 2.03. The molecule has 0 bridgehead atoms. The summed E-state index contributed by atoms with van der Waals surface area (Å²) >= 11 is 0. The van der Waals surface area contributed by atoms with Crippen LogP contribution in [0.15, 0.2) is 12.2 Å². The van der Waals surface area contributed by atoms with Gasteiger partial charge in [-0.1, -0.05) is 39.8 Å². The molecule has 0 spiro atoms. The van der Waals surface area contributed by atoms with E-state index in [2.05, 4.69) is 40.7 Å². The lowest BCUT2D eigenvalue weighted by atomic mass is 9.80. The summed E-state index contributed by atoms with van der Waals surface area (Å²) in [7, 11) is 0. The van der Waals surface area contributed by atoms with Crippen LogP contribution in [0.1, 0.15) is 40.0 Å². The Balaban J connectivity index is 4.01. The fraction of sp³-hybridized carbons (Fsp3) is 0.667. The van der Waals surface area contributed by atoms with Crippen molar-refractivity contribution in [3.05, 3.63) is 26.0 Å². The molecule has 0 fully saturated rings. The lowest BCUT2D eigenvalue weighted by Crippen LogP contribution is -2.14. The largest absolute Gasteiger partial charge is 0.0880 e. The molecule has 0 nitrogen and oxygen atoms in total. The van der Waals surface area contributed by atoms with E-state index in [1.54, 1.807) is 0 Å². The molecule has 0 aliphatic carbocycles. The Kier molecular flexibility index (Phi) is 5.28. The highest BCUT2D eigenvalue weighted by molar-refractivity contribution is 4.91. The summed E-state index contributed by atoms with van der Waals surface area (Å²) < 4.78 is 0. The topological polar surface area (TPSA) is 0 Å². The van der Waals surface area contributed by atoms with Crippen molar-refractivity contribution in [2.75, 3.05) is 0 Å². The molecular weight excluding hydrogens is 144 g/mol. The summed E-state index contributed by atoms with van der Waals surface area (Å²) in [4.78, 5) is 0. The molecular formula is C12H22. The number of rotatable bonds is 5. The maximum Gasteiger partial charge on any atom is -0.0231 e. The summed E-state index contributed by atoms with van der Waals surface area (Å²) in [6.07, 6.45) is 7.55. The lowest BCUT2D eigenvalue weighted by Gasteiger charge is -2.26. The quantitative estimate of drug-likeness (QED) is 0.578. The Morgan fingerprint density at radius 2 is 2.00 bits per heavy atom. The molecule has 0 amide bonds. The molecule has 0 aliphatic heterocycles. The first-order valence-corrected chi connectivity index (χ1v) is 4.81. The average molecular weight is 166 g/mol. The molecule has 2 radical (unpaired) electrons. The monoisotopic (exact) mass is 166 g/mol. The minimum absolute atomic E-state index is 0.375. The number of hydrogen-bond donors (Lipinski definition) is 0. The molecule has 0 rings (SSSR count). The van der Waals surface area contributed by atoms with E-state index in [1.165, 1.54) is 12.8 Å². The van der Waals surface area contributed by atoms with E-state index in [4.69, 9.17) is 0 Å². The normalized spacial score (nSPS) is 15.4. The zero-order valence-corrected chi connectivity index (χ0v) is 8.77. The van der Waals surface area contributed by atoms with Crippen molar-refractivity contribution in [1.29, 1.82) is 0 Å². The summed E-state index contributed by atoms with van der Waals surface area (Å²) in [5, 5.41) is 0. The van der Waals surface area contributed by atoms with Gasteiger partial charge in [0.2, 0.25) is 0 Å². The highest BCUT2D eigenvalue weighted by Crippen LogP contribution is 2.30. The summed E-state index contributed by atoms with van der Waals surface area (Å²) in [5.41, 5.74) is 0.375. The summed E-state index contributed by atoms with van der Waals surface area (Å²) in [6, 6.07) is 0. The van der Waals surface area contributed by atoms with Gasteiger partial charge in [-0.15, -0.1) is 0 Å². The van der Waals surface area contributed by atoms with Crippen molar-refractivity contribution in [3.8, 4) is 0 Å². The van der Waals surface area contributed by atoms with Crippen molar-refractivity contribution in [1.82, 2.24) is 0 Å². The van der Waals surface area contributed by atoms with Crippen LogP contribution in [0.3, 0.4) is 0 Å². The molecule has 0 aromatic carbocycles. The second-order valence-corrected chi connectivity index (χ2v) is 4.21. The summed E-state index contributed by atoms with van der Waals surface area (Å²) in [6.45, 7) is 14.5. The van der Waals surface area contributed by atoms with E-state index >= 15 is 0 Å². The van der Waals surface area contributed by atoms with Crippen LogP contribution in [-0.2, 0) is 0 Å². The van der Waals surface area contributed by atoms with Gasteiger partial charge in [0.1, 0.15) is 0 Å². The van der Waals surface area contributed by atoms with E-state index in [0.29, 0.717) is 11.3 Å². The van der Waals surface area contributed by atoms with E-state index < -0.39 is 0 Å². The van der Waals surface area contributed by atoms with Crippen LogP contribution in [0.2, 0.25) is 0 Å². The van der Waals surface area contributed by atoms with Crippen molar-refractivity contribution >= 4 is 0 Å². The van der Waals surface area contributed by atoms with E-state index in [1.807, 2.05) is 6.08 Å². The second-order valence-electron chi connectivity index (χ2n) is 4.21. The molecule has 0 N–H and O–H groups in total. The number of allylic oxidation sites excluding steroid dienone is 2. The van der Waals surface area contributed by atoms with Gasteiger partial charge in [-0.2, -0.15) is 0 Å². The predicted molar refractivity (Wildman–Crippen MR) is 56.7 cm³/mol. The van der Waals surface area contributed by atoms with Gasteiger partial charge in [-0.25, -0.2) is 0 Å². The van der Waals surface area contributed by atoms with Crippen LogP contribution >= 0.6 is 0 Å². The molecule has 0 aromatic rings. The molecule has 0 heteroatoms. The van der Waals surface area contributed by atoms with Crippen LogP contribution in [0, 0.1) is 25.2 Å². The Bertz CT molecular complexity index is 131. The third kappa shape index (κ3) is 4.58. The molecule has 1 atom stereocenters. The zero-order valence-electron chi connectivity index (χ0n) is 8.77. The van der Waals surface area contributed by atoms with E-state index in [9.17, 15) is 0 Å². The highest BCUT2D eigenvalue weighted by atomic mass is 14.2. The Morgan fingerprint density at radius 1 is 1.42 bits per heavy atom. The fourth-order valence-electron chi connectivity index (χ4n) is 1.35. The second kappa shape index (κ2) is 5.40. The molecule has 70 valence electrons. The van der Waals surface area contributed by atoms with Crippen molar-refractivity contribution < 1.29 is 0 Å². The van der Waals surface area contributed by atoms with Gasteiger partial charge in [0, 0.05) is 0 Å². The maximum absolute atomic E-state index is 3.97. The fourth-order valence-corrected chi connectivity index (χ4v) is 1.35. The van der Waals surface area contributed by atoms with E-state index in [0.717, 1.165) is 6.42 Å². The van der Waals surface area contributed by atoms with Gasteiger partial charge in [0.25, 0.3) is 0 Å². The Morgan fingerprint density at radius 3 is 2.33 bits per heavy atom. The minimum Gasteiger partial charge on any atom is -0.0880 e. The standard InChI is InChI=1S/C12H22/c1-6-9-11(7-2)10-12(4,5)8-3/h6,9,11H,1,3,7-8,10H2,2,4-5H3. The van der Waals surface area contributed by atoms with Gasteiger partial charge in [-0.05, 0) is 37.5 Å². The SMILES string of the molecule is [CH2]C=CC(CC)CC(C)(C)C[CH2]. The molecule has 0 heterocycles. The predicted octanol–water partition coefficient (Wildman–Crippen LogP) is 4.04. The van der Waals surface area contributed by atoms with Crippen LogP contribution in [-0.4, -0.2) is 0 Å². The van der Waals surface area contributed by atoms with E-state index in [-0.39, 0.29) is 0 Å². The first-order valence-electron chi connectivity index (χ1n) is 4.81. The van der Waals surface area contributed by atoms with Gasteiger partial charge in [-0.3, -0.25) is 0 Å². The van der Waals surface area contributed by atoms with Crippen molar-refractivity contribution in [2.24, 2.45) is 11.3 Å². The first kappa shape index (κ1) is 11.7. The molecule has 1 unspecified atom stereocenters. The zero-order chi connectivity index (χ0) is 9.61.